The van der Waals surface area contributed by atoms with Crippen molar-refractivity contribution in [2.24, 2.45) is 0 Å². The number of ketones is 1. The molecule has 0 saturated heterocycles. The van der Waals surface area contributed by atoms with Gasteiger partial charge in [-0.15, -0.1) is 0 Å². The Morgan fingerprint density at radius 3 is 2.53 bits per heavy atom. The Morgan fingerprint density at radius 1 is 1.16 bits per heavy atom. The number of hydrogen-bond donors (Lipinski definition) is 0. The highest BCUT2D eigenvalue weighted by Crippen LogP contribution is 2.16. The lowest BCUT2D eigenvalue weighted by atomic mass is 10.2. The standard InChI is InChI=1S/C15H22N2O2/c1-5-7-8-9-10-19-15-12(4)16-14(11(3)17-15)13(18)6-2/h7-8H,5-6,9-10H2,1-4H3/b8-7+. The van der Waals surface area contributed by atoms with Gasteiger partial charge in [-0.25, -0.2) is 9.97 Å². The van der Waals surface area contributed by atoms with Crippen LogP contribution in [0.25, 0.3) is 0 Å². The molecule has 0 amide bonds. The number of allylic oxidation sites excluding steroid dienone is 1. The van der Waals surface area contributed by atoms with Gasteiger partial charge in [-0.2, -0.15) is 0 Å². The Morgan fingerprint density at radius 2 is 1.89 bits per heavy atom. The molecule has 0 aliphatic heterocycles. The summed E-state index contributed by atoms with van der Waals surface area (Å²) in [4.78, 5) is 20.3. The van der Waals surface area contributed by atoms with E-state index in [-0.39, 0.29) is 5.78 Å². The number of carbonyl (C=O) groups excluding carboxylic acids is 1. The fraction of sp³-hybridized carbons (Fsp3) is 0.533. The van der Waals surface area contributed by atoms with Crippen LogP contribution in [0.15, 0.2) is 12.2 Å². The number of Topliss-reactive ketones (excluding diaryl/α,β-unsaturated/α-hetero) is 1. The van der Waals surface area contributed by atoms with Crippen molar-refractivity contribution >= 4 is 5.78 Å². The van der Waals surface area contributed by atoms with E-state index < -0.39 is 0 Å². The highest BCUT2D eigenvalue weighted by Gasteiger charge is 2.14. The van der Waals surface area contributed by atoms with Crippen LogP contribution >= 0.6 is 0 Å². The van der Waals surface area contributed by atoms with Crippen molar-refractivity contribution in [1.29, 1.82) is 0 Å². The van der Waals surface area contributed by atoms with Gasteiger partial charge in [0.15, 0.2) is 5.78 Å². The summed E-state index contributed by atoms with van der Waals surface area (Å²) in [6, 6.07) is 0. The number of ether oxygens (including phenoxy) is 1. The molecule has 0 bridgehead atoms. The van der Waals surface area contributed by atoms with Gasteiger partial charge in [-0.3, -0.25) is 4.79 Å². The molecular formula is C15H22N2O2. The average Bonchev–Trinajstić information content (AvgIpc) is 2.41. The van der Waals surface area contributed by atoms with Crippen LogP contribution in [0.5, 0.6) is 5.88 Å². The normalized spacial score (nSPS) is 10.9. The predicted molar refractivity (Wildman–Crippen MR) is 75.7 cm³/mol. The summed E-state index contributed by atoms with van der Waals surface area (Å²) in [5.74, 6) is 0.542. The first-order chi connectivity index (χ1) is 9.10. The van der Waals surface area contributed by atoms with Gasteiger partial charge in [-0.05, 0) is 26.7 Å². The van der Waals surface area contributed by atoms with E-state index in [4.69, 9.17) is 4.74 Å². The summed E-state index contributed by atoms with van der Waals surface area (Å²) in [5, 5.41) is 0. The number of aryl methyl sites for hydroxylation is 2. The Balaban J connectivity index is 2.73. The highest BCUT2D eigenvalue weighted by atomic mass is 16.5. The third-order valence-corrected chi connectivity index (χ3v) is 2.71. The van der Waals surface area contributed by atoms with Gasteiger partial charge < -0.3 is 4.74 Å². The first-order valence-corrected chi connectivity index (χ1v) is 6.76. The van der Waals surface area contributed by atoms with Gasteiger partial charge in [0.2, 0.25) is 5.88 Å². The summed E-state index contributed by atoms with van der Waals surface area (Å²) in [5.41, 5.74) is 1.76. The van der Waals surface area contributed by atoms with E-state index in [0.29, 0.717) is 36.0 Å². The maximum absolute atomic E-state index is 11.7. The van der Waals surface area contributed by atoms with Crippen LogP contribution in [0.4, 0.5) is 0 Å². The second kappa shape index (κ2) is 7.67. The van der Waals surface area contributed by atoms with Gasteiger partial charge in [0.25, 0.3) is 0 Å². The molecule has 0 fully saturated rings. The zero-order valence-electron chi connectivity index (χ0n) is 12.2. The molecule has 4 heteroatoms. The monoisotopic (exact) mass is 262 g/mol. The molecule has 1 aromatic heterocycles. The number of rotatable bonds is 7. The number of hydrogen-bond acceptors (Lipinski definition) is 4. The van der Waals surface area contributed by atoms with Crippen LogP contribution in [-0.4, -0.2) is 22.4 Å². The summed E-state index contributed by atoms with van der Waals surface area (Å²) in [6.45, 7) is 8.10. The lowest BCUT2D eigenvalue weighted by molar-refractivity contribution is 0.0982. The van der Waals surface area contributed by atoms with Crippen molar-refractivity contribution in [3.8, 4) is 5.88 Å². The fourth-order valence-corrected chi connectivity index (χ4v) is 1.66. The molecule has 0 aliphatic rings. The second-order valence-corrected chi connectivity index (χ2v) is 4.34. The van der Waals surface area contributed by atoms with Crippen molar-refractivity contribution in [3.05, 3.63) is 29.2 Å². The topological polar surface area (TPSA) is 52.1 Å². The molecule has 1 heterocycles. The van der Waals surface area contributed by atoms with Crippen LogP contribution in [0.2, 0.25) is 0 Å². The third-order valence-electron chi connectivity index (χ3n) is 2.71. The van der Waals surface area contributed by atoms with E-state index in [0.717, 1.165) is 12.8 Å². The summed E-state index contributed by atoms with van der Waals surface area (Å²) in [7, 11) is 0. The first kappa shape index (κ1) is 15.3. The Kier molecular flexibility index (Phi) is 6.19. The SMILES string of the molecule is CC/C=C/CCOc1nc(C)c(C(=O)CC)nc1C. The molecule has 0 N–H and O–H groups in total. The maximum Gasteiger partial charge on any atom is 0.235 e. The van der Waals surface area contributed by atoms with E-state index in [9.17, 15) is 4.79 Å². The second-order valence-electron chi connectivity index (χ2n) is 4.34. The Labute approximate surface area is 114 Å². The van der Waals surface area contributed by atoms with Crippen LogP contribution in [-0.2, 0) is 0 Å². The predicted octanol–water partition coefficient (Wildman–Crippen LogP) is 3.42. The van der Waals surface area contributed by atoms with Crippen molar-refractivity contribution < 1.29 is 9.53 Å². The van der Waals surface area contributed by atoms with Crippen LogP contribution in [0, 0.1) is 13.8 Å². The third kappa shape index (κ3) is 4.47. The smallest absolute Gasteiger partial charge is 0.235 e. The first-order valence-electron chi connectivity index (χ1n) is 6.76. The van der Waals surface area contributed by atoms with Crippen molar-refractivity contribution in [2.75, 3.05) is 6.61 Å². The zero-order chi connectivity index (χ0) is 14.3. The summed E-state index contributed by atoms with van der Waals surface area (Å²) in [6.07, 6.45) is 6.52. The van der Waals surface area contributed by atoms with E-state index in [1.807, 2.05) is 13.8 Å². The largest absolute Gasteiger partial charge is 0.476 e. The zero-order valence-corrected chi connectivity index (χ0v) is 12.2. The molecule has 0 spiro atoms. The van der Waals surface area contributed by atoms with Gasteiger partial charge in [-0.1, -0.05) is 26.0 Å². The fourth-order valence-electron chi connectivity index (χ4n) is 1.66. The molecule has 4 nitrogen and oxygen atoms in total. The van der Waals surface area contributed by atoms with Crippen molar-refractivity contribution in [3.63, 3.8) is 0 Å². The lowest BCUT2D eigenvalue weighted by Crippen LogP contribution is -2.10. The highest BCUT2D eigenvalue weighted by molar-refractivity contribution is 5.95. The van der Waals surface area contributed by atoms with Crippen molar-refractivity contribution in [1.82, 2.24) is 9.97 Å². The number of carbonyl (C=O) groups is 1. The summed E-state index contributed by atoms with van der Waals surface area (Å²) >= 11 is 0. The Hall–Kier alpha value is -1.71. The average molecular weight is 262 g/mol. The molecule has 1 aromatic rings. The number of nitrogens with zero attached hydrogens (tertiary/aromatic N) is 2. The van der Waals surface area contributed by atoms with E-state index >= 15 is 0 Å². The van der Waals surface area contributed by atoms with Gasteiger partial charge >= 0.3 is 0 Å². The van der Waals surface area contributed by atoms with E-state index in [1.165, 1.54) is 0 Å². The molecule has 0 radical (unpaired) electrons. The minimum atomic E-state index is 0.0190. The molecule has 0 aliphatic carbocycles. The lowest BCUT2D eigenvalue weighted by Gasteiger charge is -2.09. The molecule has 0 saturated carbocycles. The molecule has 104 valence electrons. The van der Waals surface area contributed by atoms with E-state index in [1.54, 1.807) is 6.92 Å². The minimum Gasteiger partial charge on any atom is -0.476 e. The molecule has 19 heavy (non-hydrogen) atoms. The van der Waals surface area contributed by atoms with Gasteiger partial charge in [0.05, 0.1) is 12.3 Å². The molecule has 1 rings (SSSR count). The summed E-state index contributed by atoms with van der Waals surface area (Å²) < 4.78 is 5.60. The van der Waals surface area contributed by atoms with Crippen LogP contribution in [0.3, 0.4) is 0 Å². The Bertz CT molecular complexity index is 467. The molecule has 0 unspecified atom stereocenters. The maximum atomic E-state index is 11.7. The molecule has 0 atom stereocenters. The quantitative estimate of drug-likeness (QED) is 0.429. The van der Waals surface area contributed by atoms with Gasteiger partial charge in [0.1, 0.15) is 11.4 Å². The van der Waals surface area contributed by atoms with Crippen LogP contribution < -0.4 is 4.74 Å². The molecular weight excluding hydrogens is 240 g/mol. The minimum absolute atomic E-state index is 0.0190. The van der Waals surface area contributed by atoms with Crippen LogP contribution in [0.1, 0.15) is 55.0 Å². The molecule has 0 aromatic carbocycles. The number of aromatic nitrogens is 2. The van der Waals surface area contributed by atoms with Gasteiger partial charge in [0, 0.05) is 6.42 Å². The van der Waals surface area contributed by atoms with Crippen molar-refractivity contribution in [2.45, 2.75) is 47.0 Å². The van der Waals surface area contributed by atoms with E-state index in [2.05, 4.69) is 29.0 Å².